The SMILES string of the molecule is C[Si](C)(c1c(F)c(F)c(F)c(F)c1F)C(S(=O)(=O)C(F)(F)F)S(=O)(=O)C(F)(F)F. The van der Waals surface area contributed by atoms with Gasteiger partial charge in [-0.2, -0.15) is 26.3 Å². The first-order valence-corrected chi connectivity index (χ1v) is 12.8. The van der Waals surface area contributed by atoms with Gasteiger partial charge in [0.05, 0.1) is 0 Å². The van der Waals surface area contributed by atoms with E-state index in [1.807, 2.05) is 0 Å². The summed E-state index contributed by atoms with van der Waals surface area (Å²) < 4.78 is 187. The van der Waals surface area contributed by atoms with Gasteiger partial charge in [-0.3, -0.25) is 0 Å². The van der Waals surface area contributed by atoms with Crippen molar-refractivity contribution in [3.63, 3.8) is 0 Å². The van der Waals surface area contributed by atoms with Gasteiger partial charge >= 0.3 is 11.0 Å². The molecule has 0 saturated carbocycles. The highest BCUT2D eigenvalue weighted by Crippen LogP contribution is 2.40. The Kier molecular flexibility index (Phi) is 6.24. The van der Waals surface area contributed by atoms with E-state index in [1.54, 1.807) is 0 Å². The molecule has 0 saturated heterocycles. The third kappa shape index (κ3) is 3.85. The molecule has 0 aliphatic rings. The van der Waals surface area contributed by atoms with Gasteiger partial charge in [0.15, 0.2) is 27.5 Å². The molecular formula is C11H7F11O4S2Si. The van der Waals surface area contributed by atoms with Crippen LogP contribution in [0.4, 0.5) is 48.3 Å². The number of hydrogen-bond acceptors (Lipinski definition) is 4. The highest BCUT2D eigenvalue weighted by atomic mass is 32.3. The van der Waals surface area contributed by atoms with Gasteiger partial charge in [0.25, 0.3) is 19.7 Å². The van der Waals surface area contributed by atoms with Crippen LogP contribution in [0.2, 0.25) is 13.1 Å². The van der Waals surface area contributed by atoms with Crippen molar-refractivity contribution in [2.24, 2.45) is 0 Å². The second-order valence-electron chi connectivity index (χ2n) is 5.98. The molecule has 0 bridgehead atoms. The minimum absolute atomic E-state index is 0.0253. The summed E-state index contributed by atoms with van der Waals surface area (Å²) in [5.74, 6) is -14.4. The number of alkyl halides is 6. The summed E-state index contributed by atoms with van der Waals surface area (Å²) in [6, 6.07) is 0. The first kappa shape index (κ1) is 25.6. The van der Waals surface area contributed by atoms with Crippen LogP contribution in [-0.2, 0) is 19.7 Å². The molecule has 1 aromatic carbocycles. The number of rotatable bonds is 4. The fourth-order valence-corrected chi connectivity index (χ4v) is 14.2. The van der Waals surface area contributed by atoms with Crippen LogP contribution in [0.5, 0.6) is 0 Å². The molecule has 0 N–H and O–H groups in total. The Hall–Kier alpha value is -1.43. The average Bonchev–Trinajstić information content (AvgIpc) is 2.47. The van der Waals surface area contributed by atoms with E-state index < -0.39 is 77.2 Å². The van der Waals surface area contributed by atoms with Crippen LogP contribution in [0.15, 0.2) is 0 Å². The second kappa shape index (κ2) is 7.07. The molecule has 0 spiro atoms. The summed E-state index contributed by atoms with van der Waals surface area (Å²) in [5.41, 5.74) is -13.4. The van der Waals surface area contributed by atoms with Crippen LogP contribution in [-0.4, -0.2) is 40.1 Å². The average molecular weight is 504 g/mol. The van der Waals surface area contributed by atoms with E-state index in [0.717, 1.165) is 0 Å². The Labute approximate surface area is 156 Å². The normalized spacial score (nSPS) is 14.6. The molecule has 0 aliphatic heterocycles. The largest absolute Gasteiger partial charge is 0.498 e. The lowest BCUT2D eigenvalue weighted by Gasteiger charge is -2.33. The smallest absolute Gasteiger partial charge is 0.218 e. The molecule has 168 valence electrons. The summed E-state index contributed by atoms with van der Waals surface area (Å²) in [5, 5.41) is -2.36. The van der Waals surface area contributed by atoms with E-state index in [1.165, 1.54) is 0 Å². The molecule has 4 nitrogen and oxygen atoms in total. The number of benzene rings is 1. The van der Waals surface area contributed by atoms with Crippen molar-refractivity contribution >= 4 is 32.9 Å². The van der Waals surface area contributed by atoms with Gasteiger partial charge < -0.3 is 0 Å². The van der Waals surface area contributed by atoms with E-state index in [4.69, 9.17) is 0 Å². The zero-order valence-electron chi connectivity index (χ0n) is 13.7. The van der Waals surface area contributed by atoms with Gasteiger partial charge in [-0.25, -0.2) is 38.8 Å². The Morgan fingerprint density at radius 1 is 0.621 bits per heavy atom. The maximum atomic E-state index is 14.0. The topological polar surface area (TPSA) is 68.3 Å². The Bertz CT molecular complexity index is 969. The van der Waals surface area contributed by atoms with Crippen molar-refractivity contribution in [3.8, 4) is 0 Å². The first-order chi connectivity index (χ1) is 12.5. The van der Waals surface area contributed by atoms with Crippen molar-refractivity contribution in [2.45, 2.75) is 28.3 Å². The molecule has 18 heteroatoms. The lowest BCUT2D eigenvalue weighted by Crippen LogP contribution is -2.65. The Morgan fingerprint density at radius 3 is 1.10 bits per heavy atom. The molecule has 1 aromatic rings. The maximum absolute atomic E-state index is 14.0. The van der Waals surface area contributed by atoms with Crippen molar-refractivity contribution in [1.82, 2.24) is 0 Å². The number of hydrogen-bond donors (Lipinski definition) is 0. The minimum Gasteiger partial charge on any atom is -0.218 e. The van der Waals surface area contributed by atoms with E-state index in [-0.39, 0.29) is 13.1 Å². The van der Waals surface area contributed by atoms with Crippen molar-refractivity contribution in [1.29, 1.82) is 0 Å². The summed E-state index contributed by atoms with van der Waals surface area (Å²) in [4.78, 5) is 0. The van der Waals surface area contributed by atoms with E-state index in [0.29, 0.717) is 0 Å². The fraction of sp³-hybridized carbons (Fsp3) is 0.455. The highest BCUT2D eigenvalue weighted by molar-refractivity contribution is 8.12. The monoisotopic (exact) mass is 504 g/mol. The van der Waals surface area contributed by atoms with Crippen molar-refractivity contribution in [2.75, 3.05) is 0 Å². The molecule has 0 radical (unpaired) electrons. The molecule has 0 heterocycles. The number of halogens is 11. The zero-order chi connectivity index (χ0) is 23.5. The molecule has 1 rings (SSSR count). The lowest BCUT2D eigenvalue weighted by atomic mass is 10.3. The van der Waals surface area contributed by atoms with E-state index >= 15 is 0 Å². The van der Waals surface area contributed by atoms with Gasteiger partial charge in [0.1, 0.15) is 8.07 Å². The quantitative estimate of drug-likeness (QED) is 0.274. The zero-order valence-corrected chi connectivity index (χ0v) is 16.3. The van der Waals surface area contributed by atoms with Crippen LogP contribution >= 0.6 is 0 Å². The molecule has 0 atom stereocenters. The third-order valence-corrected chi connectivity index (χ3v) is 15.9. The van der Waals surface area contributed by atoms with Crippen LogP contribution in [0.25, 0.3) is 0 Å². The molecule has 0 amide bonds. The van der Waals surface area contributed by atoms with Gasteiger partial charge in [-0.15, -0.1) is 0 Å². The molecule has 0 aliphatic carbocycles. The predicted molar refractivity (Wildman–Crippen MR) is 77.1 cm³/mol. The lowest BCUT2D eigenvalue weighted by molar-refractivity contribution is -0.0463. The standard InChI is InChI=1S/C11H7F11O4S2Si/c1-29(2,8-6(15)4(13)3(12)5(14)7(8)16)9(27(23,24)10(17,18)19)28(25,26)11(20,21)22/h9H,1-2H3. The van der Waals surface area contributed by atoms with Crippen molar-refractivity contribution in [3.05, 3.63) is 29.1 Å². The molecular weight excluding hydrogens is 497 g/mol. The maximum Gasteiger partial charge on any atom is 0.498 e. The van der Waals surface area contributed by atoms with E-state index in [9.17, 15) is 65.1 Å². The Morgan fingerprint density at radius 2 is 0.862 bits per heavy atom. The van der Waals surface area contributed by atoms with Crippen LogP contribution in [0.3, 0.4) is 0 Å². The van der Waals surface area contributed by atoms with Crippen LogP contribution in [0.1, 0.15) is 0 Å². The van der Waals surface area contributed by atoms with Gasteiger partial charge in [-0.05, 0) is 0 Å². The van der Waals surface area contributed by atoms with Gasteiger partial charge in [0, 0.05) is 5.19 Å². The molecule has 0 aromatic heterocycles. The third-order valence-electron chi connectivity index (χ3n) is 3.65. The van der Waals surface area contributed by atoms with Gasteiger partial charge in [-0.1, -0.05) is 13.1 Å². The molecule has 29 heavy (non-hydrogen) atoms. The summed E-state index contributed by atoms with van der Waals surface area (Å²) in [6.45, 7) is -0.0505. The second-order valence-corrected chi connectivity index (χ2v) is 15.7. The molecule has 0 unspecified atom stereocenters. The van der Waals surface area contributed by atoms with E-state index in [2.05, 4.69) is 0 Å². The minimum atomic E-state index is -7.37. The first-order valence-electron chi connectivity index (χ1n) is 6.66. The number of sulfone groups is 2. The Balaban J connectivity index is 4.20. The summed E-state index contributed by atoms with van der Waals surface area (Å²) >= 11 is 0. The van der Waals surface area contributed by atoms with Crippen LogP contribution < -0.4 is 5.19 Å². The highest BCUT2D eigenvalue weighted by Gasteiger charge is 2.69. The van der Waals surface area contributed by atoms with Crippen LogP contribution in [0, 0.1) is 29.1 Å². The van der Waals surface area contributed by atoms with Crippen molar-refractivity contribution < 1.29 is 65.1 Å². The summed E-state index contributed by atoms with van der Waals surface area (Å²) in [7, 11) is -20.6. The fourth-order valence-electron chi connectivity index (χ4n) is 2.47. The summed E-state index contributed by atoms with van der Waals surface area (Å²) in [6.07, 6.45) is 0. The molecule has 0 fully saturated rings. The van der Waals surface area contributed by atoms with Gasteiger partial charge in [0.2, 0.25) is 5.82 Å². The predicted octanol–water partition coefficient (Wildman–Crippen LogP) is 3.03.